The van der Waals surface area contributed by atoms with Crippen molar-refractivity contribution in [2.75, 3.05) is 0 Å². The van der Waals surface area contributed by atoms with Crippen LogP contribution in [0.3, 0.4) is 0 Å². The summed E-state index contributed by atoms with van der Waals surface area (Å²) in [5, 5.41) is 9.86. The highest BCUT2D eigenvalue weighted by Crippen LogP contribution is 2.24. The molecule has 3 aromatic carbocycles. The smallest absolute Gasteiger partial charge is 0.335 e. The Bertz CT molecular complexity index is 1400. The van der Waals surface area contributed by atoms with Gasteiger partial charge in [-0.05, 0) is 60.2 Å². The van der Waals surface area contributed by atoms with Gasteiger partial charge in [-0.15, -0.1) is 0 Å². The van der Waals surface area contributed by atoms with E-state index in [-0.39, 0.29) is 17.0 Å². The molecule has 31 heavy (non-hydrogen) atoms. The monoisotopic (exact) mass is 475 g/mol. The van der Waals surface area contributed by atoms with E-state index in [4.69, 9.17) is 28.3 Å². The van der Waals surface area contributed by atoms with Gasteiger partial charge in [-0.2, -0.15) is 0 Å². The van der Waals surface area contributed by atoms with E-state index in [0.717, 1.165) is 0 Å². The lowest BCUT2D eigenvalue weighted by Gasteiger charge is -2.08. The van der Waals surface area contributed by atoms with E-state index in [1.54, 1.807) is 36.4 Å². The van der Waals surface area contributed by atoms with Gasteiger partial charge in [0.15, 0.2) is 0 Å². The number of hydrogen-bond acceptors (Lipinski definition) is 4. The second kappa shape index (κ2) is 8.32. The Hall–Kier alpha value is -2.91. The van der Waals surface area contributed by atoms with Crippen molar-refractivity contribution >= 4 is 50.2 Å². The lowest BCUT2D eigenvalue weighted by atomic mass is 10.2. The van der Waals surface area contributed by atoms with E-state index in [9.17, 15) is 13.2 Å². The SMILES string of the molecule is O=C(O)c1ccc2nc(-c3ccc(S(=O)(=O)NCc4ccc(Cl)c(Cl)c4)cc3)[nH]c2c1. The Morgan fingerprint density at radius 3 is 2.42 bits per heavy atom. The number of benzene rings is 3. The van der Waals surface area contributed by atoms with Crippen LogP contribution in [-0.2, 0) is 16.6 Å². The highest BCUT2D eigenvalue weighted by Gasteiger charge is 2.15. The number of aromatic carboxylic acids is 1. The summed E-state index contributed by atoms with van der Waals surface area (Å²) in [6.45, 7) is 0.0659. The first-order valence-electron chi connectivity index (χ1n) is 9.00. The number of rotatable bonds is 6. The molecule has 0 atom stereocenters. The molecule has 3 N–H and O–H groups in total. The van der Waals surface area contributed by atoms with Crippen molar-refractivity contribution in [2.45, 2.75) is 11.4 Å². The number of carbonyl (C=O) groups is 1. The molecule has 0 saturated heterocycles. The van der Waals surface area contributed by atoms with E-state index < -0.39 is 16.0 Å². The maximum Gasteiger partial charge on any atom is 0.335 e. The zero-order valence-electron chi connectivity index (χ0n) is 15.8. The third-order valence-corrected chi connectivity index (χ3v) is 6.77. The van der Waals surface area contributed by atoms with Crippen molar-refractivity contribution < 1.29 is 18.3 Å². The normalized spacial score (nSPS) is 11.7. The molecule has 0 spiro atoms. The predicted molar refractivity (Wildman–Crippen MR) is 119 cm³/mol. The van der Waals surface area contributed by atoms with Gasteiger partial charge in [0, 0.05) is 12.1 Å². The summed E-state index contributed by atoms with van der Waals surface area (Å²) < 4.78 is 27.7. The Kier molecular flexibility index (Phi) is 5.72. The van der Waals surface area contributed by atoms with E-state index in [1.807, 2.05) is 0 Å². The van der Waals surface area contributed by atoms with Gasteiger partial charge < -0.3 is 10.1 Å². The number of aromatic nitrogens is 2. The average molecular weight is 476 g/mol. The van der Waals surface area contributed by atoms with Crippen LogP contribution in [0.25, 0.3) is 22.4 Å². The molecule has 1 aromatic heterocycles. The third-order valence-electron chi connectivity index (χ3n) is 4.62. The van der Waals surface area contributed by atoms with Gasteiger partial charge in [-0.3, -0.25) is 0 Å². The van der Waals surface area contributed by atoms with Crippen LogP contribution in [-0.4, -0.2) is 29.5 Å². The summed E-state index contributed by atoms with van der Waals surface area (Å²) in [7, 11) is -3.74. The molecule has 158 valence electrons. The fraction of sp³-hybridized carbons (Fsp3) is 0.0476. The summed E-state index contributed by atoms with van der Waals surface area (Å²) in [5.41, 5.74) is 2.68. The molecule has 4 aromatic rings. The largest absolute Gasteiger partial charge is 0.478 e. The zero-order valence-corrected chi connectivity index (χ0v) is 18.1. The van der Waals surface area contributed by atoms with Gasteiger partial charge >= 0.3 is 5.97 Å². The van der Waals surface area contributed by atoms with Crippen molar-refractivity contribution in [3.8, 4) is 11.4 Å². The van der Waals surface area contributed by atoms with Gasteiger partial charge in [0.05, 0.1) is 31.5 Å². The summed E-state index contributed by atoms with van der Waals surface area (Å²) in [6.07, 6.45) is 0. The molecule has 7 nitrogen and oxygen atoms in total. The molecule has 0 aliphatic heterocycles. The molecule has 0 unspecified atom stereocenters. The number of carboxylic acid groups (broad SMARTS) is 1. The van der Waals surface area contributed by atoms with Crippen molar-refractivity contribution in [1.82, 2.24) is 14.7 Å². The fourth-order valence-corrected chi connectivity index (χ4v) is 4.32. The predicted octanol–water partition coefficient (Wildman–Crippen LogP) is 4.71. The number of nitrogens with zero attached hydrogens (tertiary/aromatic N) is 1. The van der Waals surface area contributed by atoms with Crippen LogP contribution in [0.5, 0.6) is 0 Å². The Morgan fingerprint density at radius 2 is 1.74 bits per heavy atom. The lowest BCUT2D eigenvalue weighted by Crippen LogP contribution is -2.23. The topological polar surface area (TPSA) is 112 Å². The van der Waals surface area contributed by atoms with Gasteiger partial charge in [0.25, 0.3) is 0 Å². The number of imidazole rings is 1. The number of carboxylic acids is 1. The van der Waals surface area contributed by atoms with Crippen LogP contribution in [0.15, 0.2) is 65.6 Å². The number of nitrogens with one attached hydrogen (secondary N) is 2. The van der Waals surface area contributed by atoms with Crippen LogP contribution in [0.1, 0.15) is 15.9 Å². The maximum absolute atomic E-state index is 12.6. The third kappa shape index (κ3) is 4.57. The quantitative estimate of drug-likeness (QED) is 0.373. The highest BCUT2D eigenvalue weighted by molar-refractivity contribution is 7.89. The number of halogens is 2. The number of aromatic amines is 1. The van der Waals surface area contributed by atoms with Crippen LogP contribution in [0.4, 0.5) is 0 Å². The fourth-order valence-electron chi connectivity index (χ4n) is 2.98. The molecule has 0 aliphatic rings. The molecule has 0 bridgehead atoms. The Morgan fingerprint density at radius 1 is 1.00 bits per heavy atom. The molecular formula is C21H15Cl2N3O4S. The minimum Gasteiger partial charge on any atom is -0.478 e. The molecule has 0 radical (unpaired) electrons. The second-order valence-corrected chi connectivity index (χ2v) is 9.30. The van der Waals surface area contributed by atoms with Crippen LogP contribution < -0.4 is 4.72 Å². The van der Waals surface area contributed by atoms with Gasteiger partial charge in [-0.1, -0.05) is 29.3 Å². The summed E-state index contributed by atoms with van der Waals surface area (Å²) >= 11 is 11.8. The van der Waals surface area contributed by atoms with E-state index >= 15 is 0 Å². The Balaban J connectivity index is 1.53. The number of fused-ring (bicyclic) bond motifs is 1. The van der Waals surface area contributed by atoms with Gasteiger partial charge in [0.2, 0.25) is 10.0 Å². The standard InChI is InChI=1S/C21H15Cl2N3O4S/c22-16-7-1-12(9-17(16)23)11-24-31(29,30)15-5-2-13(3-6-15)20-25-18-8-4-14(21(27)28)10-19(18)26-20/h1-10,24H,11H2,(H,25,26)(H,27,28). The average Bonchev–Trinajstić information content (AvgIpc) is 3.18. The van der Waals surface area contributed by atoms with Gasteiger partial charge in [0.1, 0.15) is 5.82 Å². The summed E-state index contributed by atoms with van der Waals surface area (Å²) in [6, 6.07) is 15.7. The number of sulfonamides is 1. The molecule has 0 aliphatic carbocycles. The minimum absolute atomic E-state index is 0.0659. The van der Waals surface area contributed by atoms with Crippen LogP contribution in [0, 0.1) is 0 Å². The van der Waals surface area contributed by atoms with Crippen molar-refractivity contribution in [1.29, 1.82) is 0 Å². The number of H-pyrrole nitrogens is 1. The molecule has 1 heterocycles. The van der Waals surface area contributed by atoms with Crippen molar-refractivity contribution in [2.24, 2.45) is 0 Å². The first-order valence-corrected chi connectivity index (χ1v) is 11.2. The van der Waals surface area contributed by atoms with E-state index in [1.165, 1.54) is 24.3 Å². The van der Waals surface area contributed by atoms with Crippen LogP contribution >= 0.6 is 23.2 Å². The lowest BCUT2D eigenvalue weighted by molar-refractivity contribution is 0.0697. The van der Waals surface area contributed by atoms with Crippen molar-refractivity contribution in [3.63, 3.8) is 0 Å². The molecule has 4 rings (SSSR count). The molecule has 0 amide bonds. The molecule has 0 fully saturated rings. The molecule has 0 saturated carbocycles. The second-order valence-electron chi connectivity index (χ2n) is 6.72. The minimum atomic E-state index is -3.74. The zero-order chi connectivity index (χ0) is 22.2. The summed E-state index contributed by atoms with van der Waals surface area (Å²) in [5.74, 6) is -0.522. The van der Waals surface area contributed by atoms with Crippen molar-refractivity contribution in [3.05, 3.63) is 81.8 Å². The number of hydrogen-bond donors (Lipinski definition) is 3. The van der Waals surface area contributed by atoms with E-state index in [0.29, 0.717) is 38.0 Å². The first-order chi connectivity index (χ1) is 14.7. The molecular weight excluding hydrogens is 461 g/mol. The Labute approximate surface area is 187 Å². The van der Waals surface area contributed by atoms with E-state index in [2.05, 4.69) is 14.7 Å². The molecule has 10 heteroatoms. The van der Waals surface area contributed by atoms with Crippen LogP contribution in [0.2, 0.25) is 10.0 Å². The maximum atomic E-state index is 12.6. The van der Waals surface area contributed by atoms with Gasteiger partial charge in [-0.25, -0.2) is 22.9 Å². The first kappa shape index (κ1) is 21.3. The highest BCUT2D eigenvalue weighted by atomic mass is 35.5. The summed E-state index contributed by atoms with van der Waals surface area (Å²) in [4.78, 5) is 18.7.